The van der Waals surface area contributed by atoms with Gasteiger partial charge in [-0.15, -0.1) is 12.4 Å². The number of benzene rings is 2. The van der Waals surface area contributed by atoms with Crippen LogP contribution in [0.2, 0.25) is 0 Å². The average Bonchev–Trinajstić information content (AvgIpc) is 2.75. The molecular formula is C19H27ClN4O9. The Hall–Kier alpha value is -3.49. The minimum atomic E-state index is -1.10. The van der Waals surface area contributed by atoms with Crippen LogP contribution in [0.25, 0.3) is 0 Å². The van der Waals surface area contributed by atoms with Crippen LogP contribution < -0.4 is 22.3 Å². The fourth-order valence-electron chi connectivity index (χ4n) is 2.19. The van der Waals surface area contributed by atoms with Crippen LogP contribution in [0.15, 0.2) is 30.3 Å². The summed E-state index contributed by atoms with van der Waals surface area (Å²) in [5.41, 5.74) is 16.0. The molecule has 14 heteroatoms. The minimum Gasteiger partial charge on any atom is -0.504 e. The quantitative estimate of drug-likeness (QED) is 0.153. The monoisotopic (exact) mass is 490 g/mol. The molecule has 2 aromatic carbocycles. The lowest BCUT2D eigenvalue weighted by atomic mass is 10.1. The molecule has 0 aromatic heterocycles. The summed E-state index contributed by atoms with van der Waals surface area (Å²) in [4.78, 5) is 21.6. The number of carboxylic acids is 1. The van der Waals surface area contributed by atoms with Crippen LogP contribution in [0.5, 0.6) is 28.7 Å². The van der Waals surface area contributed by atoms with Crippen molar-refractivity contribution < 1.29 is 45.3 Å². The third-order valence-electron chi connectivity index (χ3n) is 4.05. The Morgan fingerprint density at radius 2 is 1.48 bits per heavy atom. The van der Waals surface area contributed by atoms with Crippen molar-refractivity contribution >= 4 is 24.3 Å². The SMILES string of the molecule is Cl.NC(CO)C(=O)NNCc1ccc(O)c(O)c1O.N[C@@H](Cc1ccc(O)c(O)c1)C(=O)O. The van der Waals surface area contributed by atoms with E-state index in [1.165, 1.54) is 30.3 Å². The van der Waals surface area contributed by atoms with E-state index in [1.807, 2.05) is 0 Å². The number of aliphatic hydroxyl groups excluding tert-OH is 1. The number of carbonyl (C=O) groups is 2. The van der Waals surface area contributed by atoms with Gasteiger partial charge in [0.2, 0.25) is 5.75 Å². The molecule has 0 aliphatic rings. The lowest BCUT2D eigenvalue weighted by Gasteiger charge is -2.12. The van der Waals surface area contributed by atoms with Crippen molar-refractivity contribution in [2.75, 3.05) is 6.61 Å². The first kappa shape index (κ1) is 29.5. The number of hydrogen-bond acceptors (Lipinski definition) is 11. The van der Waals surface area contributed by atoms with Crippen molar-refractivity contribution in [2.24, 2.45) is 11.5 Å². The van der Waals surface area contributed by atoms with Crippen LogP contribution in [0.1, 0.15) is 11.1 Å². The molecule has 0 spiro atoms. The van der Waals surface area contributed by atoms with Gasteiger partial charge in [-0.2, -0.15) is 0 Å². The van der Waals surface area contributed by atoms with E-state index in [-0.39, 0.29) is 42.4 Å². The van der Waals surface area contributed by atoms with E-state index < -0.39 is 47.8 Å². The Morgan fingerprint density at radius 3 is 2.03 bits per heavy atom. The van der Waals surface area contributed by atoms with Crippen LogP contribution in [0.4, 0.5) is 0 Å². The summed E-state index contributed by atoms with van der Waals surface area (Å²) >= 11 is 0. The highest BCUT2D eigenvalue weighted by molar-refractivity contribution is 5.85. The third-order valence-corrected chi connectivity index (χ3v) is 4.05. The second-order valence-electron chi connectivity index (χ2n) is 6.54. The highest BCUT2D eigenvalue weighted by atomic mass is 35.5. The molecule has 0 radical (unpaired) electrons. The summed E-state index contributed by atoms with van der Waals surface area (Å²) < 4.78 is 0. The van der Waals surface area contributed by atoms with Crippen molar-refractivity contribution in [3.05, 3.63) is 41.5 Å². The van der Waals surface area contributed by atoms with Gasteiger partial charge >= 0.3 is 5.97 Å². The van der Waals surface area contributed by atoms with Crippen LogP contribution >= 0.6 is 12.4 Å². The summed E-state index contributed by atoms with van der Waals surface area (Å²) in [6, 6.07) is 4.62. The molecule has 33 heavy (non-hydrogen) atoms. The lowest BCUT2D eigenvalue weighted by molar-refractivity contribution is -0.138. The van der Waals surface area contributed by atoms with E-state index in [9.17, 15) is 19.8 Å². The second kappa shape index (κ2) is 13.8. The number of hydrazine groups is 1. The first-order valence-electron chi connectivity index (χ1n) is 9.09. The van der Waals surface area contributed by atoms with Gasteiger partial charge in [-0.3, -0.25) is 15.0 Å². The van der Waals surface area contributed by atoms with Gasteiger partial charge in [-0.25, -0.2) is 5.43 Å². The smallest absolute Gasteiger partial charge is 0.320 e. The van der Waals surface area contributed by atoms with Gasteiger partial charge in [0.05, 0.1) is 6.61 Å². The van der Waals surface area contributed by atoms with Crippen LogP contribution in [0.3, 0.4) is 0 Å². The Balaban J connectivity index is 0.000000620. The van der Waals surface area contributed by atoms with E-state index in [4.69, 9.17) is 37.0 Å². The maximum Gasteiger partial charge on any atom is 0.320 e. The number of phenolic OH excluding ortho intramolecular Hbond substituents is 5. The van der Waals surface area contributed by atoms with E-state index in [1.54, 1.807) is 0 Å². The molecule has 13 N–H and O–H groups in total. The van der Waals surface area contributed by atoms with Gasteiger partial charge in [0.1, 0.15) is 12.1 Å². The highest BCUT2D eigenvalue weighted by Crippen LogP contribution is 2.36. The first-order chi connectivity index (χ1) is 15.0. The first-order valence-corrected chi connectivity index (χ1v) is 9.09. The molecule has 0 saturated carbocycles. The Bertz CT molecular complexity index is 946. The number of hydrogen-bond donors (Lipinski definition) is 11. The molecule has 0 fully saturated rings. The van der Waals surface area contributed by atoms with Crippen molar-refractivity contribution in [1.82, 2.24) is 10.9 Å². The molecule has 0 aliphatic carbocycles. The second-order valence-corrected chi connectivity index (χ2v) is 6.54. The van der Waals surface area contributed by atoms with Gasteiger partial charge in [0.15, 0.2) is 23.0 Å². The minimum absolute atomic E-state index is 0. The standard InChI is InChI=1S/C10H15N3O5.C9H11NO4.ClH/c11-6(4-14)10(18)13-12-3-5-1-2-7(15)9(17)8(5)16;10-6(9(13)14)3-5-1-2-7(11)8(12)4-5;/h1-2,6,12,14-17H,3-4,11H2,(H,13,18);1-2,4,6,11-12H,3,10H2,(H,13,14);1H/t;6-;/m.0./s1. The molecule has 13 nitrogen and oxygen atoms in total. The molecule has 0 aliphatic heterocycles. The van der Waals surface area contributed by atoms with Gasteiger partial charge in [-0.05, 0) is 30.2 Å². The number of nitrogens with two attached hydrogens (primary N) is 2. The maximum absolute atomic E-state index is 11.2. The molecule has 1 amide bonds. The summed E-state index contributed by atoms with van der Waals surface area (Å²) in [7, 11) is 0. The van der Waals surface area contributed by atoms with E-state index in [2.05, 4.69) is 10.9 Å². The number of carboxylic acid groups (broad SMARTS) is 1. The number of aliphatic carboxylic acids is 1. The number of aliphatic hydroxyl groups is 1. The van der Waals surface area contributed by atoms with Gasteiger partial charge in [0, 0.05) is 12.1 Å². The van der Waals surface area contributed by atoms with Gasteiger partial charge < -0.3 is 47.2 Å². The molecule has 0 saturated heterocycles. The molecule has 1 unspecified atom stereocenters. The summed E-state index contributed by atoms with van der Waals surface area (Å²) in [6.07, 6.45) is 0.114. The molecule has 0 bridgehead atoms. The van der Waals surface area contributed by atoms with Crippen molar-refractivity contribution in [2.45, 2.75) is 25.0 Å². The summed E-state index contributed by atoms with van der Waals surface area (Å²) in [5.74, 6) is -3.78. The Labute approximate surface area is 194 Å². The van der Waals surface area contributed by atoms with E-state index in [0.29, 0.717) is 5.56 Å². The normalized spacial score (nSPS) is 11.8. The topological polar surface area (TPSA) is 252 Å². The Kier molecular flexibility index (Phi) is 12.4. The molecule has 184 valence electrons. The molecule has 2 aromatic rings. The number of carbonyl (C=O) groups excluding carboxylic acids is 1. The van der Waals surface area contributed by atoms with Crippen LogP contribution in [0, 0.1) is 0 Å². The number of aromatic hydroxyl groups is 5. The zero-order valence-corrected chi connectivity index (χ0v) is 18.0. The third kappa shape index (κ3) is 9.26. The van der Waals surface area contributed by atoms with E-state index in [0.717, 1.165) is 0 Å². The predicted octanol–water partition coefficient (Wildman–Crippen LogP) is -1.28. The van der Waals surface area contributed by atoms with Gasteiger partial charge in [0.25, 0.3) is 5.91 Å². The van der Waals surface area contributed by atoms with Crippen molar-refractivity contribution in [3.63, 3.8) is 0 Å². The molecule has 0 heterocycles. The number of nitrogens with one attached hydrogen (secondary N) is 2. The lowest BCUT2D eigenvalue weighted by Crippen LogP contribution is -2.48. The van der Waals surface area contributed by atoms with Crippen LogP contribution in [-0.4, -0.2) is 66.3 Å². The zero-order valence-electron chi connectivity index (χ0n) is 17.2. The Morgan fingerprint density at radius 1 is 0.879 bits per heavy atom. The molecular weight excluding hydrogens is 464 g/mol. The van der Waals surface area contributed by atoms with Crippen molar-refractivity contribution in [3.8, 4) is 28.7 Å². The average molecular weight is 491 g/mol. The number of halogens is 1. The number of amides is 1. The maximum atomic E-state index is 11.2. The van der Waals surface area contributed by atoms with E-state index >= 15 is 0 Å². The fourth-order valence-corrected chi connectivity index (χ4v) is 2.19. The highest BCUT2D eigenvalue weighted by Gasteiger charge is 2.14. The van der Waals surface area contributed by atoms with Crippen molar-refractivity contribution in [1.29, 1.82) is 0 Å². The molecule has 2 atom stereocenters. The summed E-state index contributed by atoms with van der Waals surface area (Å²) in [6.45, 7) is -0.484. The fraction of sp³-hybridized carbons (Fsp3) is 0.263. The van der Waals surface area contributed by atoms with Gasteiger partial charge in [-0.1, -0.05) is 12.1 Å². The summed E-state index contributed by atoms with van der Waals surface area (Å²) in [5, 5.41) is 63.1. The number of rotatable bonds is 8. The zero-order chi connectivity index (χ0) is 24.4. The molecule has 2 rings (SSSR count). The van der Waals surface area contributed by atoms with Crippen LogP contribution in [-0.2, 0) is 22.6 Å². The largest absolute Gasteiger partial charge is 0.504 e. The number of phenols is 5. The predicted molar refractivity (Wildman–Crippen MR) is 118 cm³/mol.